The summed E-state index contributed by atoms with van der Waals surface area (Å²) in [5, 5.41) is 10.3. The first-order valence-corrected chi connectivity index (χ1v) is 14.6. The molecule has 5 rings (SSSR count). The van der Waals surface area contributed by atoms with Crippen LogP contribution in [0.4, 0.5) is 5.69 Å². The van der Waals surface area contributed by atoms with Gasteiger partial charge in [0, 0.05) is 28.2 Å². The number of aryl methyl sites for hydroxylation is 3. The van der Waals surface area contributed by atoms with E-state index in [0.717, 1.165) is 39.2 Å². The van der Waals surface area contributed by atoms with Gasteiger partial charge in [-0.25, -0.2) is 4.98 Å². The first-order chi connectivity index (χ1) is 20.0. The van der Waals surface area contributed by atoms with Crippen molar-refractivity contribution in [3.8, 4) is 17.1 Å². The average Bonchev–Trinajstić information content (AvgIpc) is 3.48. The Labute approximate surface area is 255 Å². The number of nitrogens with zero attached hydrogens (tertiary/aromatic N) is 3. The van der Waals surface area contributed by atoms with Gasteiger partial charge in [-0.15, -0.1) is 0 Å². The second kappa shape index (κ2) is 11.9. The number of aromatic nitrogens is 2. The summed E-state index contributed by atoms with van der Waals surface area (Å²) in [7, 11) is 1.60. The highest BCUT2D eigenvalue weighted by Gasteiger charge is 2.45. The molecule has 0 saturated heterocycles. The molecule has 0 aliphatic carbocycles. The number of benzene rings is 3. The van der Waals surface area contributed by atoms with Gasteiger partial charge in [-0.2, -0.15) is 0 Å². The minimum Gasteiger partial charge on any atom is -0.496 e. The van der Waals surface area contributed by atoms with Crippen LogP contribution in [-0.4, -0.2) is 40.1 Å². The molecule has 9 heteroatoms. The summed E-state index contributed by atoms with van der Waals surface area (Å²) in [4.78, 5) is 32.9. The number of fused-ring (bicyclic) bond motifs is 1. The molecule has 3 aromatic carbocycles. The molecule has 2 heterocycles. The van der Waals surface area contributed by atoms with Gasteiger partial charge in [-0.3, -0.25) is 14.5 Å². The van der Waals surface area contributed by atoms with Crippen LogP contribution >= 0.6 is 23.2 Å². The van der Waals surface area contributed by atoms with E-state index < -0.39 is 12.6 Å². The summed E-state index contributed by atoms with van der Waals surface area (Å²) in [5.74, 6) is 0.763. The Morgan fingerprint density at radius 2 is 1.74 bits per heavy atom. The third kappa shape index (κ3) is 5.33. The SMILES string of the molecule is COc1ccc(CCC(=O)CO)cc1-c1nc2c(n1C(C)C)C(c1ccc(Cl)cc1C)N(c1cc(Cl)ccc1C)C2=O. The number of hydrogen-bond donors (Lipinski definition) is 1. The molecule has 1 aliphatic heterocycles. The number of aliphatic hydroxyl groups excluding tert-OH is 1. The van der Waals surface area contributed by atoms with E-state index in [1.54, 1.807) is 12.0 Å². The maximum Gasteiger partial charge on any atom is 0.279 e. The number of anilines is 1. The van der Waals surface area contributed by atoms with Crippen LogP contribution in [-0.2, 0) is 11.2 Å². The van der Waals surface area contributed by atoms with Crippen LogP contribution in [0.25, 0.3) is 11.4 Å². The van der Waals surface area contributed by atoms with Crippen molar-refractivity contribution >= 4 is 40.6 Å². The Hall–Kier alpha value is -3.65. The lowest BCUT2D eigenvalue weighted by molar-refractivity contribution is -0.121. The van der Waals surface area contributed by atoms with E-state index in [2.05, 4.69) is 18.4 Å². The normalized spacial score (nSPS) is 14.5. The summed E-state index contributed by atoms with van der Waals surface area (Å²) < 4.78 is 7.85. The fraction of sp³-hybridized carbons (Fsp3) is 0.303. The highest BCUT2D eigenvalue weighted by Crippen LogP contribution is 2.47. The summed E-state index contributed by atoms with van der Waals surface area (Å²) in [6, 6.07) is 16.4. The Bertz CT molecular complexity index is 1700. The number of methoxy groups -OCH3 is 1. The number of aliphatic hydroxyl groups is 1. The van der Waals surface area contributed by atoms with Gasteiger partial charge < -0.3 is 14.4 Å². The van der Waals surface area contributed by atoms with Crippen LogP contribution in [0, 0.1) is 13.8 Å². The summed E-state index contributed by atoms with van der Waals surface area (Å²) >= 11 is 12.8. The van der Waals surface area contributed by atoms with Crippen LogP contribution in [0.1, 0.15) is 70.8 Å². The van der Waals surface area contributed by atoms with Crippen molar-refractivity contribution < 1.29 is 19.4 Å². The lowest BCUT2D eigenvalue weighted by Crippen LogP contribution is -2.31. The number of halogens is 2. The van der Waals surface area contributed by atoms with Crippen molar-refractivity contribution in [3.05, 3.63) is 98.3 Å². The van der Waals surface area contributed by atoms with E-state index in [1.807, 2.05) is 68.4 Å². The van der Waals surface area contributed by atoms with Gasteiger partial charge in [0.1, 0.15) is 24.2 Å². The van der Waals surface area contributed by atoms with E-state index in [9.17, 15) is 14.7 Å². The molecule has 1 amide bonds. The number of carbonyl (C=O) groups is 2. The van der Waals surface area contributed by atoms with E-state index in [1.165, 1.54) is 0 Å². The first-order valence-electron chi connectivity index (χ1n) is 13.8. The van der Waals surface area contributed by atoms with Crippen LogP contribution < -0.4 is 9.64 Å². The Kier molecular flexibility index (Phi) is 8.46. The number of Topliss-reactive ketones (excluding diaryl/α,β-unsaturated/α-hetero) is 1. The molecule has 1 N–H and O–H groups in total. The molecule has 0 spiro atoms. The van der Waals surface area contributed by atoms with Crippen LogP contribution in [0.2, 0.25) is 10.0 Å². The van der Waals surface area contributed by atoms with Gasteiger partial charge in [-0.1, -0.05) is 41.4 Å². The molecule has 218 valence electrons. The number of imidazole rings is 1. The Balaban J connectivity index is 1.76. The van der Waals surface area contributed by atoms with Crippen molar-refractivity contribution in [2.45, 2.75) is 52.6 Å². The van der Waals surface area contributed by atoms with Crippen LogP contribution in [0.3, 0.4) is 0 Å². The van der Waals surface area contributed by atoms with Gasteiger partial charge in [0.05, 0.1) is 18.4 Å². The minimum absolute atomic E-state index is 0.0658. The maximum atomic E-state index is 14.4. The highest BCUT2D eigenvalue weighted by molar-refractivity contribution is 6.31. The number of ether oxygens (including phenoxy) is 1. The molecule has 1 atom stereocenters. The fourth-order valence-electron chi connectivity index (χ4n) is 5.70. The van der Waals surface area contributed by atoms with Crippen LogP contribution in [0.5, 0.6) is 5.75 Å². The summed E-state index contributed by atoms with van der Waals surface area (Å²) in [6.45, 7) is 7.59. The molecule has 7 nitrogen and oxygen atoms in total. The van der Waals surface area contributed by atoms with Crippen molar-refractivity contribution in [2.24, 2.45) is 0 Å². The largest absolute Gasteiger partial charge is 0.496 e. The third-order valence-corrected chi connectivity index (χ3v) is 8.20. The molecule has 42 heavy (non-hydrogen) atoms. The number of rotatable bonds is 9. The molecule has 1 unspecified atom stereocenters. The molecular weight excluding hydrogens is 573 g/mol. The van der Waals surface area contributed by atoms with Crippen molar-refractivity contribution in [2.75, 3.05) is 18.6 Å². The summed E-state index contributed by atoms with van der Waals surface area (Å²) in [6.07, 6.45) is 0.688. The smallest absolute Gasteiger partial charge is 0.279 e. The fourth-order valence-corrected chi connectivity index (χ4v) is 6.09. The summed E-state index contributed by atoms with van der Waals surface area (Å²) in [5.41, 5.74) is 6.27. The number of hydrogen-bond acceptors (Lipinski definition) is 5. The van der Waals surface area contributed by atoms with E-state index in [0.29, 0.717) is 33.7 Å². The van der Waals surface area contributed by atoms with Crippen molar-refractivity contribution in [1.29, 1.82) is 0 Å². The van der Waals surface area contributed by atoms with Gasteiger partial charge in [0.15, 0.2) is 11.5 Å². The predicted molar refractivity (Wildman–Crippen MR) is 166 cm³/mol. The van der Waals surface area contributed by atoms with Gasteiger partial charge in [0.2, 0.25) is 0 Å². The Morgan fingerprint density at radius 3 is 2.40 bits per heavy atom. The van der Waals surface area contributed by atoms with Crippen molar-refractivity contribution in [3.63, 3.8) is 0 Å². The Morgan fingerprint density at radius 1 is 1.02 bits per heavy atom. The van der Waals surface area contributed by atoms with E-state index in [4.69, 9.17) is 32.9 Å². The number of carbonyl (C=O) groups excluding carboxylic acids is 2. The van der Waals surface area contributed by atoms with Gasteiger partial charge >= 0.3 is 0 Å². The third-order valence-electron chi connectivity index (χ3n) is 7.73. The monoisotopic (exact) mass is 605 g/mol. The van der Waals surface area contributed by atoms with Gasteiger partial charge in [0.25, 0.3) is 5.91 Å². The predicted octanol–water partition coefficient (Wildman–Crippen LogP) is 7.31. The highest BCUT2D eigenvalue weighted by atomic mass is 35.5. The second-order valence-corrected chi connectivity index (χ2v) is 11.7. The lowest BCUT2D eigenvalue weighted by atomic mass is 9.97. The zero-order chi connectivity index (χ0) is 30.3. The molecule has 0 radical (unpaired) electrons. The molecule has 0 bridgehead atoms. The number of amides is 1. The average molecular weight is 607 g/mol. The zero-order valence-corrected chi connectivity index (χ0v) is 25.8. The molecule has 4 aromatic rings. The molecular formula is C33H33Cl2N3O4. The molecule has 0 fully saturated rings. The van der Waals surface area contributed by atoms with Crippen molar-refractivity contribution in [1.82, 2.24) is 9.55 Å². The first kappa shape index (κ1) is 29.8. The van der Waals surface area contributed by atoms with E-state index in [-0.39, 0.29) is 24.2 Å². The second-order valence-electron chi connectivity index (χ2n) is 10.9. The topological polar surface area (TPSA) is 84.7 Å². The number of ketones is 1. The molecule has 1 aromatic heterocycles. The minimum atomic E-state index is -0.484. The standard InChI is InChI=1S/C33H33Cl2N3O4/c1-18(2)37-31-29(36-32(37)26-15-21(7-11-24(40)17-39)8-13-28(26)42-5)33(41)38(27-16-23(35)9-6-19(27)3)30(31)25-12-10-22(34)14-20(25)4/h6,8-10,12-16,18,30,39H,7,11,17H2,1-5H3. The van der Waals surface area contributed by atoms with E-state index >= 15 is 0 Å². The zero-order valence-electron chi connectivity index (χ0n) is 24.2. The lowest BCUT2D eigenvalue weighted by Gasteiger charge is -2.30. The van der Waals surface area contributed by atoms with Crippen LogP contribution in [0.15, 0.2) is 54.6 Å². The molecule has 1 aliphatic rings. The quantitative estimate of drug-likeness (QED) is 0.216. The van der Waals surface area contributed by atoms with Gasteiger partial charge in [-0.05, 0) is 92.8 Å². The molecule has 0 saturated carbocycles. The maximum absolute atomic E-state index is 14.4.